The third-order valence-corrected chi connectivity index (χ3v) is 3.74. The summed E-state index contributed by atoms with van der Waals surface area (Å²) in [6, 6.07) is 3.57. The number of carbonyl (C=O) groups excluding carboxylic acids is 1. The Morgan fingerprint density at radius 1 is 1.55 bits per heavy atom. The monoisotopic (exact) mass is 281 g/mol. The van der Waals surface area contributed by atoms with Crippen LogP contribution in [-0.2, 0) is 20.7 Å². The quantitative estimate of drug-likeness (QED) is 0.850. The molecule has 0 saturated carbocycles. The van der Waals surface area contributed by atoms with Crippen molar-refractivity contribution in [3.8, 4) is 0 Å². The van der Waals surface area contributed by atoms with E-state index in [4.69, 9.17) is 9.15 Å². The van der Waals surface area contributed by atoms with Gasteiger partial charge in [0.15, 0.2) is 5.54 Å². The van der Waals surface area contributed by atoms with Crippen molar-refractivity contribution < 1.29 is 23.8 Å². The molecular weight excluding hydrogens is 262 g/mol. The molecule has 1 N–H and O–H groups in total. The van der Waals surface area contributed by atoms with Gasteiger partial charge in [-0.05, 0) is 25.0 Å². The number of hydrogen-bond acceptors (Lipinski definition) is 4. The van der Waals surface area contributed by atoms with Gasteiger partial charge in [0, 0.05) is 26.5 Å². The molecule has 1 aliphatic heterocycles. The van der Waals surface area contributed by atoms with Crippen LogP contribution in [0.4, 0.5) is 0 Å². The van der Waals surface area contributed by atoms with E-state index < -0.39 is 11.5 Å². The summed E-state index contributed by atoms with van der Waals surface area (Å²) in [6.07, 6.45) is 3.39. The fraction of sp³-hybridized carbons (Fsp3) is 0.571. The summed E-state index contributed by atoms with van der Waals surface area (Å²) in [7, 11) is 1.45. The maximum absolute atomic E-state index is 12.3. The minimum atomic E-state index is -1.21. The number of amides is 1. The summed E-state index contributed by atoms with van der Waals surface area (Å²) in [5.74, 6) is -0.438. The van der Waals surface area contributed by atoms with Crippen molar-refractivity contribution in [2.45, 2.75) is 31.2 Å². The molecule has 1 unspecified atom stereocenters. The van der Waals surface area contributed by atoms with Crippen molar-refractivity contribution in [3.05, 3.63) is 24.2 Å². The van der Waals surface area contributed by atoms with E-state index in [2.05, 4.69) is 0 Å². The van der Waals surface area contributed by atoms with Crippen LogP contribution in [0.3, 0.4) is 0 Å². The van der Waals surface area contributed by atoms with Gasteiger partial charge < -0.3 is 19.2 Å². The lowest BCUT2D eigenvalue weighted by Gasteiger charge is -2.34. The lowest BCUT2D eigenvalue weighted by Crippen LogP contribution is -2.56. The molecule has 110 valence electrons. The van der Waals surface area contributed by atoms with Crippen molar-refractivity contribution in [1.29, 1.82) is 0 Å². The summed E-state index contributed by atoms with van der Waals surface area (Å²) in [5.41, 5.74) is -1.21. The molecule has 1 aromatic heterocycles. The fourth-order valence-electron chi connectivity index (χ4n) is 2.73. The number of hydrogen-bond donors (Lipinski definition) is 1. The molecule has 0 aliphatic carbocycles. The SMILES string of the molecule is COCC1(C(=O)O)CCCN1C(=O)CCc1ccco1. The number of likely N-dealkylation sites (tertiary alicyclic amines) is 1. The van der Waals surface area contributed by atoms with Gasteiger partial charge in [-0.3, -0.25) is 4.79 Å². The number of carbonyl (C=O) groups is 2. The number of rotatable bonds is 6. The zero-order valence-corrected chi connectivity index (χ0v) is 11.5. The Labute approximate surface area is 117 Å². The van der Waals surface area contributed by atoms with Crippen molar-refractivity contribution in [3.63, 3.8) is 0 Å². The average molecular weight is 281 g/mol. The first-order valence-electron chi connectivity index (χ1n) is 6.65. The Balaban J connectivity index is 2.05. The highest BCUT2D eigenvalue weighted by atomic mass is 16.5. The summed E-state index contributed by atoms with van der Waals surface area (Å²) in [5, 5.41) is 9.47. The van der Waals surface area contributed by atoms with Crippen LogP contribution in [0.25, 0.3) is 0 Å². The molecule has 2 rings (SSSR count). The van der Waals surface area contributed by atoms with Gasteiger partial charge in [0.05, 0.1) is 12.9 Å². The molecule has 0 aromatic carbocycles. The molecule has 1 saturated heterocycles. The number of carboxylic acid groups (broad SMARTS) is 1. The molecule has 0 radical (unpaired) electrons. The van der Waals surface area contributed by atoms with E-state index in [1.54, 1.807) is 18.4 Å². The van der Waals surface area contributed by atoms with Gasteiger partial charge in [-0.2, -0.15) is 0 Å². The first-order valence-corrected chi connectivity index (χ1v) is 6.65. The van der Waals surface area contributed by atoms with Crippen LogP contribution in [0.1, 0.15) is 25.0 Å². The summed E-state index contributed by atoms with van der Waals surface area (Å²) < 4.78 is 10.2. The average Bonchev–Trinajstić information content (AvgIpc) is 3.06. The second kappa shape index (κ2) is 6.09. The number of furan rings is 1. The van der Waals surface area contributed by atoms with Crippen LogP contribution in [0, 0.1) is 0 Å². The largest absolute Gasteiger partial charge is 0.479 e. The predicted molar refractivity (Wildman–Crippen MR) is 70.2 cm³/mol. The molecule has 20 heavy (non-hydrogen) atoms. The van der Waals surface area contributed by atoms with E-state index in [0.29, 0.717) is 25.8 Å². The van der Waals surface area contributed by atoms with E-state index in [9.17, 15) is 14.7 Å². The summed E-state index contributed by atoms with van der Waals surface area (Å²) in [4.78, 5) is 25.3. The predicted octanol–water partition coefficient (Wildman–Crippen LogP) is 1.30. The second-order valence-electron chi connectivity index (χ2n) is 5.00. The van der Waals surface area contributed by atoms with Crippen LogP contribution in [-0.4, -0.2) is 47.7 Å². The lowest BCUT2D eigenvalue weighted by molar-refractivity contribution is -0.160. The molecule has 2 heterocycles. The zero-order valence-electron chi connectivity index (χ0n) is 11.5. The van der Waals surface area contributed by atoms with Crippen LogP contribution in [0.5, 0.6) is 0 Å². The Morgan fingerprint density at radius 2 is 2.35 bits per heavy atom. The first-order chi connectivity index (χ1) is 9.60. The van der Waals surface area contributed by atoms with Gasteiger partial charge in [0.1, 0.15) is 5.76 Å². The van der Waals surface area contributed by atoms with Crippen LogP contribution in [0.15, 0.2) is 22.8 Å². The van der Waals surface area contributed by atoms with Crippen LogP contribution in [0.2, 0.25) is 0 Å². The molecule has 1 aromatic rings. The Hall–Kier alpha value is -1.82. The van der Waals surface area contributed by atoms with Crippen molar-refractivity contribution in [2.24, 2.45) is 0 Å². The maximum atomic E-state index is 12.3. The second-order valence-corrected chi connectivity index (χ2v) is 5.00. The van der Waals surface area contributed by atoms with Crippen LogP contribution < -0.4 is 0 Å². The lowest BCUT2D eigenvalue weighted by atomic mass is 9.97. The normalized spacial score (nSPS) is 22.1. The summed E-state index contributed by atoms with van der Waals surface area (Å²) >= 11 is 0. The van der Waals surface area contributed by atoms with E-state index >= 15 is 0 Å². The number of aliphatic carboxylic acids is 1. The standard InChI is InChI=1S/C14H19NO5/c1-19-10-14(13(17)18)7-3-8-15(14)12(16)6-5-11-4-2-9-20-11/h2,4,9H,3,5-8,10H2,1H3,(H,17,18). The molecule has 1 atom stereocenters. The molecule has 1 aliphatic rings. The third-order valence-electron chi connectivity index (χ3n) is 3.74. The van der Waals surface area contributed by atoms with Gasteiger partial charge in [-0.25, -0.2) is 4.79 Å². The number of aryl methyl sites for hydroxylation is 1. The van der Waals surface area contributed by atoms with Gasteiger partial charge in [0.2, 0.25) is 5.91 Å². The van der Waals surface area contributed by atoms with E-state index in [-0.39, 0.29) is 18.9 Å². The molecule has 1 amide bonds. The Bertz CT molecular complexity index is 470. The van der Waals surface area contributed by atoms with Crippen molar-refractivity contribution in [2.75, 3.05) is 20.3 Å². The number of ether oxygens (including phenoxy) is 1. The van der Waals surface area contributed by atoms with Gasteiger partial charge in [-0.1, -0.05) is 0 Å². The maximum Gasteiger partial charge on any atom is 0.332 e. The Morgan fingerprint density at radius 3 is 2.95 bits per heavy atom. The zero-order chi connectivity index (χ0) is 14.6. The van der Waals surface area contributed by atoms with E-state index in [1.807, 2.05) is 0 Å². The van der Waals surface area contributed by atoms with Gasteiger partial charge in [0.25, 0.3) is 0 Å². The highest BCUT2D eigenvalue weighted by Crippen LogP contribution is 2.31. The Kier molecular flexibility index (Phi) is 4.44. The molecule has 1 fully saturated rings. The first kappa shape index (κ1) is 14.6. The topological polar surface area (TPSA) is 80.0 Å². The van der Waals surface area contributed by atoms with Crippen molar-refractivity contribution in [1.82, 2.24) is 4.90 Å². The fourth-order valence-corrected chi connectivity index (χ4v) is 2.73. The molecule has 6 nitrogen and oxygen atoms in total. The number of nitrogens with zero attached hydrogens (tertiary/aromatic N) is 1. The number of methoxy groups -OCH3 is 1. The van der Waals surface area contributed by atoms with E-state index in [0.717, 1.165) is 5.76 Å². The third kappa shape index (κ3) is 2.70. The van der Waals surface area contributed by atoms with Gasteiger partial charge in [-0.15, -0.1) is 0 Å². The molecule has 6 heteroatoms. The number of carboxylic acids is 1. The van der Waals surface area contributed by atoms with Crippen LogP contribution >= 0.6 is 0 Å². The minimum Gasteiger partial charge on any atom is -0.479 e. The van der Waals surface area contributed by atoms with Gasteiger partial charge >= 0.3 is 5.97 Å². The van der Waals surface area contributed by atoms with Crippen molar-refractivity contribution >= 4 is 11.9 Å². The summed E-state index contributed by atoms with van der Waals surface area (Å²) in [6.45, 7) is 0.488. The molecule has 0 bridgehead atoms. The van der Waals surface area contributed by atoms with E-state index in [1.165, 1.54) is 12.0 Å². The smallest absolute Gasteiger partial charge is 0.332 e. The minimum absolute atomic E-state index is 0.0226. The molecular formula is C14H19NO5. The highest BCUT2D eigenvalue weighted by molar-refractivity contribution is 5.88. The molecule has 0 spiro atoms. The highest BCUT2D eigenvalue weighted by Gasteiger charge is 2.49.